The highest BCUT2D eigenvalue weighted by molar-refractivity contribution is 7.71. The van der Waals surface area contributed by atoms with Crippen molar-refractivity contribution in [3.8, 4) is 5.69 Å². The van der Waals surface area contributed by atoms with Gasteiger partial charge in [0.25, 0.3) is 0 Å². The summed E-state index contributed by atoms with van der Waals surface area (Å²) in [7, 11) is 0. The topological polar surface area (TPSA) is 22.0 Å². The molecule has 2 aromatic rings. The number of aryl methyl sites for hydroxylation is 1. The molecule has 0 aliphatic rings. The number of aldehydes is 1. The molecule has 0 fully saturated rings. The van der Waals surface area contributed by atoms with E-state index < -0.39 is 0 Å². The van der Waals surface area contributed by atoms with E-state index in [9.17, 15) is 4.79 Å². The number of benzene rings is 1. The Balaban J connectivity index is 2.65. The Bertz CT molecular complexity index is 586. The van der Waals surface area contributed by atoms with E-state index in [1.165, 1.54) is 0 Å². The lowest BCUT2D eigenvalue weighted by atomic mass is 10.2. The molecule has 1 aromatic heterocycles. The van der Waals surface area contributed by atoms with Crippen LogP contribution in [0.3, 0.4) is 0 Å². The first kappa shape index (κ1) is 10.8. The number of pyridine rings is 1. The third-order valence-corrected chi connectivity index (χ3v) is 2.82. The second kappa shape index (κ2) is 4.41. The number of hydrogen-bond acceptors (Lipinski definition) is 2. The molecule has 80 valence electrons. The van der Waals surface area contributed by atoms with Crippen molar-refractivity contribution in [2.75, 3.05) is 0 Å². The molecule has 0 atom stereocenters. The average molecular weight is 229 g/mol. The smallest absolute Gasteiger partial charge is 0.153 e. The minimum atomic E-state index is 0.541. The Morgan fingerprint density at radius 2 is 2.06 bits per heavy atom. The maximum absolute atomic E-state index is 10.8. The van der Waals surface area contributed by atoms with Crippen molar-refractivity contribution < 1.29 is 4.79 Å². The molecule has 1 heterocycles. The molecule has 2 rings (SSSR count). The summed E-state index contributed by atoms with van der Waals surface area (Å²) in [5.41, 5.74) is 2.68. The Hall–Kier alpha value is -1.74. The first-order valence-electron chi connectivity index (χ1n) is 4.96. The molecule has 2 nitrogen and oxygen atoms in total. The van der Waals surface area contributed by atoms with Crippen LogP contribution in [-0.2, 0) is 0 Å². The molecule has 0 N–H and O–H groups in total. The molecular formula is C13H11NOS. The summed E-state index contributed by atoms with van der Waals surface area (Å²) < 4.78 is 2.38. The lowest BCUT2D eigenvalue weighted by Gasteiger charge is -2.08. The van der Waals surface area contributed by atoms with Gasteiger partial charge in [0.05, 0.1) is 0 Å². The molecule has 16 heavy (non-hydrogen) atoms. The average Bonchev–Trinajstić information content (AvgIpc) is 2.29. The molecule has 0 amide bonds. The van der Waals surface area contributed by atoms with Gasteiger partial charge in [0.15, 0.2) is 6.29 Å². The zero-order chi connectivity index (χ0) is 11.5. The molecule has 0 saturated carbocycles. The Kier molecular flexibility index (Phi) is 2.97. The molecule has 0 saturated heterocycles. The summed E-state index contributed by atoms with van der Waals surface area (Å²) in [5, 5.41) is 0. The Morgan fingerprint density at radius 1 is 1.25 bits per heavy atom. The molecule has 0 unspecified atom stereocenters. The van der Waals surface area contributed by atoms with Crippen molar-refractivity contribution in [1.29, 1.82) is 0 Å². The first-order valence-corrected chi connectivity index (χ1v) is 5.37. The van der Waals surface area contributed by atoms with Gasteiger partial charge in [-0.1, -0.05) is 24.4 Å². The zero-order valence-electron chi connectivity index (χ0n) is 8.88. The van der Waals surface area contributed by atoms with Crippen LogP contribution in [0.2, 0.25) is 0 Å². The number of hydrogen-bond donors (Lipinski definition) is 0. The van der Waals surface area contributed by atoms with E-state index in [1.54, 1.807) is 6.07 Å². The molecule has 3 heteroatoms. The van der Waals surface area contributed by atoms with E-state index in [0.717, 1.165) is 17.5 Å². The lowest BCUT2D eigenvalue weighted by Crippen LogP contribution is -1.99. The van der Waals surface area contributed by atoms with Crippen LogP contribution in [0.15, 0.2) is 42.6 Å². The quantitative estimate of drug-likeness (QED) is 0.582. The van der Waals surface area contributed by atoms with Crippen molar-refractivity contribution in [3.63, 3.8) is 0 Å². The molecule has 1 aromatic carbocycles. The predicted molar refractivity (Wildman–Crippen MR) is 66.7 cm³/mol. The fraction of sp³-hybridized carbons (Fsp3) is 0.0769. The van der Waals surface area contributed by atoms with Gasteiger partial charge >= 0.3 is 0 Å². The van der Waals surface area contributed by atoms with Gasteiger partial charge in [-0.15, -0.1) is 0 Å². The summed E-state index contributed by atoms with van der Waals surface area (Å²) in [4.78, 5) is 10.8. The monoisotopic (exact) mass is 229 g/mol. The van der Waals surface area contributed by atoms with Crippen LogP contribution in [0, 0.1) is 11.6 Å². The Morgan fingerprint density at radius 3 is 2.75 bits per heavy atom. The first-order chi connectivity index (χ1) is 7.72. The lowest BCUT2D eigenvalue weighted by molar-refractivity contribution is 0.112. The standard InChI is InChI=1S/C13H11NOS/c1-10-4-2-6-12(8-10)14-7-3-5-11(9-15)13(14)16/h2-9H,1H3. The summed E-state index contributed by atoms with van der Waals surface area (Å²) in [5.74, 6) is 0. The number of carbonyl (C=O) groups is 1. The molecule has 0 aliphatic carbocycles. The van der Waals surface area contributed by atoms with Gasteiger partial charge in [0, 0.05) is 17.4 Å². The number of nitrogens with zero attached hydrogens (tertiary/aromatic N) is 1. The summed E-state index contributed by atoms with van der Waals surface area (Å²) >= 11 is 5.25. The maximum Gasteiger partial charge on any atom is 0.153 e. The zero-order valence-corrected chi connectivity index (χ0v) is 9.70. The highest BCUT2D eigenvalue weighted by Gasteiger charge is 2.00. The van der Waals surface area contributed by atoms with E-state index in [2.05, 4.69) is 0 Å². The van der Waals surface area contributed by atoms with Gasteiger partial charge in [-0.05, 0) is 36.8 Å². The normalized spacial score (nSPS) is 10.1. The van der Waals surface area contributed by atoms with E-state index in [1.807, 2.05) is 48.0 Å². The molecule has 0 bridgehead atoms. The maximum atomic E-state index is 10.8. The number of rotatable bonds is 2. The van der Waals surface area contributed by atoms with Gasteiger partial charge in [0.2, 0.25) is 0 Å². The molecular weight excluding hydrogens is 218 g/mol. The second-order valence-corrected chi connectivity index (χ2v) is 3.98. The SMILES string of the molecule is Cc1cccc(-n2cccc(C=O)c2=S)c1. The minimum Gasteiger partial charge on any atom is -0.307 e. The predicted octanol–water partition coefficient (Wildman–Crippen LogP) is 3.33. The van der Waals surface area contributed by atoms with E-state index in [-0.39, 0.29) is 0 Å². The van der Waals surface area contributed by atoms with E-state index >= 15 is 0 Å². The highest BCUT2D eigenvalue weighted by Crippen LogP contribution is 2.12. The van der Waals surface area contributed by atoms with Crippen LogP contribution in [0.5, 0.6) is 0 Å². The van der Waals surface area contributed by atoms with Crippen LogP contribution < -0.4 is 0 Å². The van der Waals surface area contributed by atoms with Crippen molar-refractivity contribution >= 4 is 18.5 Å². The highest BCUT2D eigenvalue weighted by atomic mass is 32.1. The van der Waals surface area contributed by atoms with Crippen LogP contribution >= 0.6 is 12.2 Å². The third kappa shape index (κ3) is 1.95. The van der Waals surface area contributed by atoms with Gasteiger partial charge in [-0.3, -0.25) is 4.79 Å². The van der Waals surface area contributed by atoms with Gasteiger partial charge in [-0.25, -0.2) is 0 Å². The van der Waals surface area contributed by atoms with Crippen LogP contribution in [0.1, 0.15) is 15.9 Å². The Labute approximate surface area is 99.2 Å². The second-order valence-electron chi connectivity index (χ2n) is 3.60. The molecule has 0 radical (unpaired) electrons. The summed E-state index contributed by atoms with van der Waals surface area (Å²) in [6, 6.07) is 11.5. The molecule has 0 spiro atoms. The minimum absolute atomic E-state index is 0.541. The van der Waals surface area contributed by atoms with Gasteiger partial charge in [0.1, 0.15) is 4.64 Å². The van der Waals surface area contributed by atoms with Crippen molar-refractivity contribution in [2.24, 2.45) is 0 Å². The fourth-order valence-corrected chi connectivity index (χ4v) is 1.86. The van der Waals surface area contributed by atoms with Gasteiger partial charge in [-0.2, -0.15) is 0 Å². The fourth-order valence-electron chi connectivity index (χ4n) is 1.58. The van der Waals surface area contributed by atoms with E-state index in [4.69, 9.17) is 12.2 Å². The largest absolute Gasteiger partial charge is 0.307 e. The summed E-state index contributed by atoms with van der Waals surface area (Å²) in [6.07, 6.45) is 2.65. The molecule has 0 aliphatic heterocycles. The number of aromatic nitrogens is 1. The van der Waals surface area contributed by atoms with Crippen molar-refractivity contribution in [1.82, 2.24) is 4.57 Å². The number of carbonyl (C=O) groups excluding carboxylic acids is 1. The third-order valence-electron chi connectivity index (χ3n) is 2.38. The van der Waals surface area contributed by atoms with E-state index in [0.29, 0.717) is 10.2 Å². The van der Waals surface area contributed by atoms with Crippen LogP contribution in [-0.4, -0.2) is 10.9 Å². The van der Waals surface area contributed by atoms with Gasteiger partial charge < -0.3 is 4.57 Å². The van der Waals surface area contributed by atoms with Crippen molar-refractivity contribution in [3.05, 3.63) is 58.4 Å². The van der Waals surface area contributed by atoms with Crippen LogP contribution in [0.4, 0.5) is 0 Å². The summed E-state index contributed by atoms with van der Waals surface area (Å²) in [6.45, 7) is 2.02. The van der Waals surface area contributed by atoms with Crippen molar-refractivity contribution in [2.45, 2.75) is 6.92 Å². The van der Waals surface area contributed by atoms with Crippen LogP contribution in [0.25, 0.3) is 5.69 Å².